The zero-order chi connectivity index (χ0) is 65.1. The summed E-state index contributed by atoms with van der Waals surface area (Å²) in [6, 6.07) is 27.2. The van der Waals surface area contributed by atoms with E-state index in [-0.39, 0.29) is 34.2 Å². The molecule has 92 heavy (non-hydrogen) atoms. The Labute approximate surface area is 557 Å². The number of carbonyl (C=O) groups excluding carboxylic acids is 3. The zero-order valence-corrected chi connectivity index (χ0v) is 58.3. The Morgan fingerprint density at radius 2 is 0.913 bits per heavy atom. The van der Waals surface area contributed by atoms with Crippen LogP contribution in [0.3, 0.4) is 0 Å². The number of fused-ring (bicyclic) bond motifs is 9. The minimum Gasteiger partial charge on any atom is -0.478 e. The molecular formula is C75H94IN6O9P. The van der Waals surface area contributed by atoms with Gasteiger partial charge in [0.1, 0.15) is 11.9 Å². The van der Waals surface area contributed by atoms with Crippen molar-refractivity contribution in [3.63, 3.8) is 0 Å². The number of carboxylic acid groups (broad SMARTS) is 1. The Hall–Kier alpha value is -5.98. The van der Waals surface area contributed by atoms with Crippen molar-refractivity contribution in [2.24, 2.45) is 16.2 Å². The van der Waals surface area contributed by atoms with Crippen LogP contribution in [0.25, 0.3) is 49.8 Å². The molecule has 15 nitrogen and oxygen atoms in total. The van der Waals surface area contributed by atoms with E-state index in [4.69, 9.17) is 13.8 Å². The number of piperidine rings is 3. The number of aromatic nitrogens is 3. The lowest BCUT2D eigenvalue weighted by molar-refractivity contribution is -0.137. The summed E-state index contributed by atoms with van der Waals surface area (Å²) in [4.78, 5) is 53.8. The third kappa shape index (κ3) is 12.3. The average molecular weight is 1380 g/mol. The molecule has 3 aromatic carbocycles. The van der Waals surface area contributed by atoms with Crippen molar-refractivity contribution in [1.82, 2.24) is 28.4 Å². The molecule has 0 saturated carbocycles. The van der Waals surface area contributed by atoms with Crippen LogP contribution in [0.5, 0.6) is 0 Å². The molecule has 490 valence electrons. The number of aliphatic carboxylic acids is 1. The fourth-order valence-electron chi connectivity index (χ4n) is 17.6. The molecule has 9 aliphatic heterocycles. The number of Topliss-reactive ketones (excluding diaryl/α,β-unsaturated/α-hetero) is 1. The molecule has 15 rings (SSSR count). The van der Waals surface area contributed by atoms with Crippen LogP contribution < -0.4 is 0 Å². The van der Waals surface area contributed by atoms with E-state index in [0.717, 1.165) is 81.5 Å². The number of allylic oxidation sites excluding steroid dienone is 5. The molecule has 0 spiro atoms. The van der Waals surface area contributed by atoms with Crippen LogP contribution >= 0.6 is 30.2 Å². The van der Waals surface area contributed by atoms with E-state index in [0.29, 0.717) is 37.9 Å². The van der Waals surface area contributed by atoms with Crippen molar-refractivity contribution in [3.8, 4) is 0 Å². The van der Waals surface area contributed by atoms with Gasteiger partial charge in [0.05, 0.1) is 60.2 Å². The summed E-state index contributed by atoms with van der Waals surface area (Å²) in [6.07, 6.45) is 28.5. The molecule has 0 unspecified atom stereocenters. The van der Waals surface area contributed by atoms with Crippen molar-refractivity contribution in [3.05, 3.63) is 149 Å². The quantitative estimate of drug-likeness (QED) is 0.0259. The van der Waals surface area contributed by atoms with E-state index in [1.807, 2.05) is 13.0 Å². The first-order valence-corrected chi connectivity index (χ1v) is 37.3. The van der Waals surface area contributed by atoms with Crippen molar-refractivity contribution < 1.29 is 42.6 Å². The first-order chi connectivity index (χ1) is 44.6. The van der Waals surface area contributed by atoms with Crippen LogP contribution in [-0.2, 0) is 56.8 Å². The van der Waals surface area contributed by atoms with Gasteiger partial charge in [-0.15, -0.1) is 0 Å². The van der Waals surface area contributed by atoms with Crippen LogP contribution in [0, 0.1) is 16.2 Å². The summed E-state index contributed by atoms with van der Waals surface area (Å²) < 4.78 is 34.7. The number of alkyl halides is 1. The number of carbonyl (C=O) groups is 4. The van der Waals surface area contributed by atoms with Gasteiger partial charge < -0.3 is 32.6 Å². The normalized spacial score (nSPS) is 24.8. The van der Waals surface area contributed by atoms with Gasteiger partial charge in [0.25, 0.3) is 0 Å². The number of ketones is 1. The first kappa shape index (κ1) is 67.4. The molecule has 3 fully saturated rings. The number of esters is 1. The molecule has 6 atom stereocenters. The summed E-state index contributed by atoms with van der Waals surface area (Å²) in [7, 11) is -3.12. The molecule has 0 bridgehead atoms. The number of para-hydroxylation sites is 3. The number of hydrogen-bond donors (Lipinski definition) is 1. The average Bonchev–Trinajstić information content (AvgIpc) is 1.50. The lowest BCUT2D eigenvalue weighted by Gasteiger charge is -2.53. The highest BCUT2D eigenvalue weighted by atomic mass is 127. The van der Waals surface area contributed by atoms with Gasteiger partial charge in [0.2, 0.25) is 0 Å². The number of rotatable bonds is 15. The van der Waals surface area contributed by atoms with E-state index in [1.54, 1.807) is 26.0 Å². The standard InChI is InChI=1S/C24H28N2O2.C22H24N2O2.C20H22N2O.C7H15O4P.C2H5I/c1-3-24-13-7-14-25-15-12-19-18-8-5-6-9-20(18)26(22(19)23(24)25)17(16-24)10-11-21(27)28-4-2;1-2-22-11-5-12-23-13-10-17-16-6-3-4-7-18(16)24(20(17)21(22)23)15(14-22)8-9-19(25)26;1-2-20-9-5-10-21-11-8-16-15-6-3-4-7-17(15)22(14(12-20)13-23)18(16)19(20)21;1-4-10-12(9,11-5-2)6-7(3)8;1-2-3/h5-6,8-11,16,23H,3-4,7,12-15H2,1-2H3;3-4,6-9,14,21H,2,5,10-13H2,1H3,(H,25,26);3-4,6-7,12-13,19H,2,5,8-11H2,1H3;4-6H2,1-3H3;2H2,1H3/b11-10+;9-8+;;;/t23-,24+;21-,22+;19-,20+;;/m111../s1. The molecular weight excluding hydrogens is 1290 g/mol. The topological polar surface area (TPSA) is 158 Å². The van der Waals surface area contributed by atoms with Gasteiger partial charge in [0, 0.05) is 92.7 Å². The molecule has 3 saturated heterocycles. The van der Waals surface area contributed by atoms with E-state index in [9.17, 15) is 28.8 Å². The maximum atomic E-state index is 12.0. The summed E-state index contributed by atoms with van der Waals surface area (Å²) >= 11 is 2.29. The Bertz CT molecular complexity index is 3970. The number of hydrogen-bond acceptors (Lipinski definition) is 11. The van der Waals surface area contributed by atoms with E-state index in [1.165, 1.54) is 142 Å². The molecule has 12 heterocycles. The third-order valence-electron chi connectivity index (χ3n) is 21.1. The summed E-state index contributed by atoms with van der Waals surface area (Å²) in [5, 5.41) is 13.2. The van der Waals surface area contributed by atoms with Gasteiger partial charge in [-0.3, -0.25) is 28.9 Å². The van der Waals surface area contributed by atoms with Crippen LogP contribution in [0.2, 0.25) is 0 Å². The SMILES string of the molecule is CCI.CCOC(=O)/C=C/C1=C[C@]2(CC)CCCN3CCc4c(n1c1ccccc41)[C@@H]32.CCOP(=O)(CC(C)=O)OCC.CC[C@@]12C=C(/C=C/C(=O)O)n3c4c(c5ccccc53)CCN(CCC1)[C@H]42.CC[C@@]12C=C(C=O)n3c4c(c5ccccc53)CCN(CCC1)[C@H]42. The Morgan fingerprint density at radius 1 is 0.554 bits per heavy atom. The molecule has 0 amide bonds. The predicted molar refractivity (Wildman–Crippen MR) is 378 cm³/mol. The van der Waals surface area contributed by atoms with Crippen LogP contribution in [-0.4, -0.2) is 127 Å². The summed E-state index contributed by atoms with van der Waals surface area (Å²) in [6.45, 7) is 23.6. The van der Waals surface area contributed by atoms with Gasteiger partial charge in [-0.1, -0.05) is 117 Å². The fraction of sp³-hybridized carbons (Fsp3) is 0.493. The van der Waals surface area contributed by atoms with Gasteiger partial charge >= 0.3 is 19.5 Å². The molecule has 9 aliphatic rings. The molecule has 0 radical (unpaired) electrons. The van der Waals surface area contributed by atoms with E-state index >= 15 is 0 Å². The van der Waals surface area contributed by atoms with Gasteiger partial charge in [-0.05, 0) is 182 Å². The zero-order valence-electron chi connectivity index (χ0n) is 55.3. The van der Waals surface area contributed by atoms with Crippen LogP contribution in [0.1, 0.15) is 165 Å². The lowest BCUT2D eigenvalue weighted by atomic mass is 9.66. The smallest absolute Gasteiger partial charge is 0.338 e. The van der Waals surface area contributed by atoms with E-state index in [2.05, 4.69) is 170 Å². The van der Waals surface area contributed by atoms with Crippen LogP contribution in [0.15, 0.2) is 115 Å². The van der Waals surface area contributed by atoms with Crippen molar-refractivity contribution >= 4 is 104 Å². The summed E-state index contributed by atoms with van der Waals surface area (Å²) in [5.74, 6) is -1.35. The Morgan fingerprint density at radius 3 is 1.25 bits per heavy atom. The van der Waals surface area contributed by atoms with Gasteiger partial charge in [-0.25, -0.2) is 9.59 Å². The molecule has 3 aromatic heterocycles. The van der Waals surface area contributed by atoms with Crippen molar-refractivity contribution in [2.45, 2.75) is 151 Å². The highest BCUT2D eigenvalue weighted by Gasteiger charge is 2.53. The lowest BCUT2D eigenvalue weighted by Crippen LogP contribution is -2.50. The minimum absolute atomic E-state index is 0.107. The number of ether oxygens (including phenoxy) is 1. The summed E-state index contributed by atoms with van der Waals surface area (Å²) in [5.41, 5.74) is 15.8. The molecule has 0 aliphatic carbocycles. The van der Waals surface area contributed by atoms with Gasteiger partial charge in [0.15, 0.2) is 6.29 Å². The second-order valence-electron chi connectivity index (χ2n) is 25.9. The highest BCUT2D eigenvalue weighted by molar-refractivity contribution is 14.1. The van der Waals surface area contributed by atoms with Gasteiger partial charge in [-0.2, -0.15) is 0 Å². The number of halogens is 1. The second kappa shape index (κ2) is 28.5. The van der Waals surface area contributed by atoms with Crippen molar-refractivity contribution in [1.29, 1.82) is 0 Å². The number of nitrogens with zero attached hydrogens (tertiary/aromatic N) is 6. The Kier molecular flexibility index (Phi) is 20.9. The molecule has 6 aromatic rings. The fourth-order valence-corrected chi connectivity index (χ4v) is 19.2. The first-order valence-electron chi connectivity index (χ1n) is 34.0. The predicted octanol–water partition coefficient (Wildman–Crippen LogP) is 16.0. The number of carboxylic acids is 1. The number of aldehydes is 1. The molecule has 17 heteroatoms. The maximum absolute atomic E-state index is 12.0. The highest BCUT2D eigenvalue weighted by Crippen LogP contribution is 2.60. The monoisotopic (exact) mass is 1380 g/mol. The van der Waals surface area contributed by atoms with Crippen molar-refractivity contribution in [2.75, 3.05) is 69.7 Å². The molecule has 1 N–H and O–H groups in total. The number of benzene rings is 3. The second-order valence-corrected chi connectivity index (χ2v) is 29.5. The van der Waals surface area contributed by atoms with E-state index < -0.39 is 13.6 Å². The maximum Gasteiger partial charge on any atom is 0.338 e. The largest absolute Gasteiger partial charge is 0.478 e. The van der Waals surface area contributed by atoms with Crippen LogP contribution in [0.4, 0.5) is 0 Å². The Balaban J connectivity index is 0.000000128. The minimum atomic E-state index is -3.12. The third-order valence-corrected chi connectivity index (χ3v) is 23.2.